The van der Waals surface area contributed by atoms with Gasteiger partial charge in [0.15, 0.2) is 0 Å². The molecule has 24 heavy (non-hydrogen) atoms. The second-order valence-corrected chi connectivity index (χ2v) is 5.37. The number of rotatable bonds is 6. The molecule has 0 aliphatic heterocycles. The number of aliphatic carboxylic acids is 1. The van der Waals surface area contributed by atoms with Crippen molar-refractivity contribution in [1.29, 1.82) is 0 Å². The van der Waals surface area contributed by atoms with E-state index in [0.29, 0.717) is 16.3 Å². The first-order valence-corrected chi connectivity index (χ1v) is 7.43. The Balaban J connectivity index is 2.06. The number of hydrazone groups is 1. The maximum absolute atomic E-state index is 12.0. The lowest BCUT2D eigenvalue weighted by Gasteiger charge is -2.09. The maximum Gasteiger partial charge on any atom is 0.272 e. The number of benzene rings is 2. The van der Waals surface area contributed by atoms with E-state index < -0.39 is 18.5 Å². The van der Waals surface area contributed by atoms with Crippen LogP contribution in [0.1, 0.15) is 15.9 Å². The summed E-state index contributed by atoms with van der Waals surface area (Å²) >= 11 is 11.7. The first kappa shape index (κ1) is 17.8. The summed E-state index contributed by atoms with van der Waals surface area (Å²) in [5.41, 5.74) is 3.03. The highest BCUT2D eigenvalue weighted by molar-refractivity contribution is 6.36. The highest BCUT2D eigenvalue weighted by atomic mass is 35.5. The number of nitrogens with one attached hydrogen (secondary N) is 1. The number of para-hydroxylation sites is 1. The Morgan fingerprint density at radius 3 is 2.67 bits per heavy atom. The number of halogens is 2. The zero-order chi connectivity index (χ0) is 17.5. The molecule has 2 rings (SSSR count). The SMILES string of the molecule is O=C([O-])COc1ccccc1/C=N\NC(=O)c1ccc(Cl)cc1Cl. The number of ether oxygens (including phenoxy) is 1. The molecule has 0 radical (unpaired) electrons. The summed E-state index contributed by atoms with van der Waals surface area (Å²) in [6, 6.07) is 11.1. The predicted octanol–water partition coefficient (Wildman–Crippen LogP) is 1.89. The van der Waals surface area contributed by atoms with Gasteiger partial charge in [0.05, 0.1) is 22.8 Å². The van der Waals surface area contributed by atoms with E-state index in [2.05, 4.69) is 10.5 Å². The smallest absolute Gasteiger partial charge is 0.272 e. The van der Waals surface area contributed by atoms with Gasteiger partial charge in [-0.2, -0.15) is 5.10 Å². The fourth-order valence-corrected chi connectivity index (χ4v) is 2.24. The van der Waals surface area contributed by atoms with Crippen molar-refractivity contribution in [2.75, 3.05) is 6.61 Å². The van der Waals surface area contributed by atoms with Crippen LogP contribution in [0.25, 0.3) is 0 Å². The molecule has 0 aliphatic carbocycles. The van der Waals surface area contributed by atoms with E-state index in [1.54, 1.807) is 24.3 Å². The number of carboxylic acid groups (broad SMARTS) is 1. The normalized spacial score (nSPS) is 10.6. The topological polar surface area (TPSA) is 90.8 Å². The van der Waals surface area contributed by atoms with Crippen molar-refractivity contribution in [1.82, 2.24) is 5.43 Å². The van der Waals surface area contributed by atoms with Crippen molar-refractivity contribution >= 4 is 41.3 Å². The van der Waals surface area contributed by atoms with Gasteiger partial charge in [-0.1, -0.05) is 35.3 Å². The molecule has 0 unspecified atom stereocenters. The summed E-state index contributed by atoms with van der Waals surface area (Å²) in [6.07, 6.45) is 1.33. The van der Waals surface area contributed by atoms with Crippen molar-refractivity contribution in [3.05, 3.63) is 63.6 Å². The molecular formula is C16H11Cl2N2O4-. The molecule has 1 N–H and O–H groups in total. The molecule has 2 aromatic rings. The van der Waals surface area contributed by atoms with Crippen molar-refractivity contribution in [2.24, 2.45) is 5.10 Å². The van der Waals surface area contributed by atoms with Crippen LogP contribution < -0.4 is 15.3 Å². The van der Waals surface area contributed by atoms with Gasteiger partial charge < -0.3 is 14.6 Å². The number of amides is 1. The van der Waals surface area contributed by atoms with Crippen LogP contribution in [0.5, 0.6) is 5.75 Å². The predicted molar refractivity (Wildman–Crippen MR) is 88.5 cm³/mol. The van der Waals surface area contributed by atoms with Crippen LogP contribution in [0.3, 0.4) is 0 Å². The van der Waals surface area contributed by atoms with Gasteiger partial charge in [-0.25, -0.2) is 5.43 Å². The fourth-order valence-electron chi connectivity index (χ4n) is 1.75. The highest BCUT2D eigenvalue weighted by Gasteiger charge is 2.09. The second kappa shape index (κ2) is 8.33. The third kappa shape index (κ3) is 4.97. The Morgan fingerprint density at radius 2 is 1.96 bits per heavy atom. The molecule has 6 nitrogen and oxygen atoms in total. The van der Waals surface area contributed by atoms with E-state index in [4.69, 9.17) is 27.9 Å². The van der Waals surface area contributed by atoms with Crippen LogP contribution in [0.2, 0.25) is 10.0 Å². The average Bonchev–Trinajstić information content (AvgIpc) is 2.53. The maximum atomic E-state index is 12.0. The third-order valence-corrected chi connectivity index (χ3v) is 3.36. The number of hydrogen-bond donors (Lipinski definition) is 1. The van der Waals surface area contributed by atoms with Crippen LogP contribution in [0.4, 0.5) is 0 Å². The number of carbonyl (C=O) groups is 2. The van der Waals surface area contributed by atoms with Crippen LogP contribution in [-0.2, 0) is 4.79 Å². The van der Waals surface area contributed by atoms with Crippen molar-refractivity contribution < 1.29 is 19.4 Å². The summed E-state index contributed by atoms with van der Waals surface area (Å²) in [4.78, 5) is 22.4. The largest absolute Gasteiger partial charge is 0.546 e. The van der Waals surface area contributed by atoms with Crippen LogP contribution >= 0.6 is 23.2 Å². The molecule has 0 spiro atoms. The molecule has 0 saturated heterocycles. The first-order valence-electron chi connectivity index (χ1n) is 6.67. The molecule has 1 amide bonds. The monoisotopic (exact) mass is 365 g/mol. The molecule has 0 heterocycles. The fraction of sp³-hybridized carbons (Fsp3) is 0.0625. The van der Waals surface area contributed by atoms with E-state index in [0.717, 1.165) is 0 Å². The Bertz CT molecular complexity index is 793. The number of carbonyl (C=O) groups excluding carboxylic acids is 2. The van der Waals surface area contributed by atoms with Gasteiger partial charge in [-0.15, -0.1) is 0 Å². The summed E-state index contributed by atoms with van der Waals surface area (Å²) in [7, 11) is 0. The molecule has 0 bridgehead atoms. The third-order valence-electron chi connectivity index (χ3n) is 2.81. The molecule has 0 saturated carbocycles. The minimum Gasteiger partial charge on any atom is -0.546 e. The minimum atomic E-state index is -1.34. The summed E-state index contributed by atoms with van der Waals surface area (Å²) in [5.74, 6) is -1.56. The second-order valence-electron chi connectivity index (χ2n) is 4.52. The van der Waals surface area contributed by atoms with Crippen LogP contribution in [0, 0.1) is 0 Å². The summed E-state index contributed by atoms with van der Waals surface area (Å²) in [5, 5.41) is 14.9. The van der Waals surface area contributed by atoms with Crippen molar-refractivity contribution in [3.63, 3.8) is 0 Å². The Kier molecular flexibility index (Phi) is 6.17. The van der Waals surface area contributed by atoms with E-state index >= 15 is 0 Å². The van der Waals surface area contributed by atoms with Crippen molar-refractivity contribution in [2.45, 2.75) is 0 Å². The molecule has 124 valence electrons. The summed E-state index contributed by atoms with van der Waals surface area (Å²) in [6.45, 7) is -0.586. The zero-order valence-electron chi connectivity index (χ0n) is 12.2. The summed E-state index contributed by atoms with van der Waals surface area (Å²) < 4.78 is 5.07. The van der Waals surface area contributed by atoms with Gasteiger partial charge in [-0.05, 0) is 30.3 Å². The zero-order valence-corrected chi connectivity index (χ0v) is 13.7. The molecular weight excluding hydrogens is 355 g/mol. The number of carboxylic acids is 1. The lowest BCUT2D eigenvalue weighted by Crippen LogP contribution is -2.29. The van der Waals surface area contributed by atoms with E-state index in [1.807, 2.05) is 0 Å². The molecule has 2 aromatic carbocycles. The molecule has 0 fully saturated rings. The lowest BCUT2D eigenvalue weighted by atomic mass is 10.2. The van der Waals surface area contributed by atoms with Crippen molar-refractivity contribution in [3.8, 4) is 5.75 Å². The van der Waals surface area contributed by atoms with Gasteiger partial charge >= 0.3 is 0 Å². The Hall–Kier alpha value is -2.57. The van der Waals surface area contributed by atoms with Crippen LogP contribution in [-0.4, -0.2) is 24.7 Å². The van der Waals surface area contributed by atoms with Gasteiger partial charge in [0.25, 0.3) is 5.91 Å². The Labute approximate surface area is 147 Å². The van der Waals surface area contributed by atoms with Crippen LogP contribution in [0.15, 0.2) is 47.6 Å². The first-order chi connectivity index (χ1) is 11.5. The molecule has 0 atom stereocenters. The molecule has 8 heteroatoms. The number of hydrogen-bond acceptors (Lipinski definition) is 5. The molecule has 0 aromatic heterocycles. The Morgan fingerprint density at radius 1 is 1.21 bits per heavy atom. The minimum absolute atomic E-state index is 0.202. The van der Waals surface area contributed by atoms with Gasteiger partial charge in [0.2, 0.25) is 0 Å². The quantitative estimate of drug-likeness (QED) is 0.624. The number of nitrogens with zero attached hydrogens (tertiary/aromatic N) is 1. The standard InChI is InChI=1S/C16H12Cl2N2O4/c17-11-5-6-12(13(18)7-11)16(23)20-19-8-10-3-1-2-4-14(10)24-9-15(21)22/h1-8H,9H2,(H,20,23)(H,21,22)/p-1/b19-8-. The van der Waals surface area contributed by atoms with Gasteiger partial charge in [0, 0.05) is 10.6 Å². The highest BCUT2D eigenvalue weighted by Crippen LogP contribution is 2.21. The van der Waals surface area contributed by atoms with Gasteiger partial charge in [-0.3, -0.25) is 4.79 Å². The average molecular weight is 366 g/mol. The van der Waals surface area contributed by atoms with E-state index in [-0.39, 0.29) is 10.6 Å². The van der Waals surface area contributed by atoms with E-state index in [9.17, 15) is 14.7 Å². The van der Waals surface area contributed by atoms with Gasteiger partial charge in [0.1, 0.15) is 12.4 Å². The lowest BCUT2D eigenvalue weighted by molar-refractivity contribution is -0.307. The van der Waals surface area contributed by atoms with E-state index in [1.165, 1.54) is 24.4 Å². The molecule has 0 aliphatic rings.